The van der Waals surface area contributed by atoms with Crippen molar-refractivity contribution in [1.29, 1.82) is 0 Å². The first-order valence-corrected chi connectivity index (χ1v) is 4.74. The predicted molar refractivity (Wildman–Crippen MR) is 58.1 cm³/mol. The molecule has 0 fully saturated rings. The molecule has 74 valence electrons. The van der Waals surface area contributed by atoms with E-state index in [0.29, 0.717) is 6.54 Å². The quantitative estimate of drug-likeness (QED) is 0.750. The van der Waals surface area contributed by atoms with Gasteiger partial charge in [-0.05, 0) is 19.1 Å². The largest absolute Gasteiger partial charge is 0.395 e. The molecule has 0 aliphatic heterocycles. The van der Waals surface area contributed by atoms with Crippen LogP contribution >= 0.6 is 0 Å². The van der Waals surface area contributed by atoms with Gasteiger partial charge >= 0.3 is 0 Å². The number of aryl methyl sites for hydroxylation is 1. The van der Waals surface area contributed by atoms with E-state index in [9.17, 15) is 0 Å². The standard InChI is InChI=1S/C9H13NO.C2H6/c1-8-2-4-9(5-3-8)10-6-7-11;1-2/h2-5,10-11H,6-7H2,1H3;1-2H3. The third-order valence-corrected chi connectivity index (χ3v) is 1.49. The molecule has 0 atom stereocenters. The highest BCUT2D eigenvalue weighted by Gasteiger charge is 1.88. The van der Waals surface area contributed by atoms with Crippen molar-refractivity contribution in [2.75, 3.05) is 18.5 Å². The van der Waals surface area contributed by atoms with Gasteiger partial charge < -0.3 is 10.4 Å². The zero-order valence-electron chi connectivity index (χ0n) is 8.67. The molecule has 0 bridgehead atoms. The van der Waals surface area contributed by atoms with Crippen molar-refractivity contribution in [3.8, 4) is 0 Å². The molecule has 0 spiro atoms. The Hall–Kier alpha value is -1.02. The second-order valence-corrected chi connectivity index (χ2v) is 2.52. The van der Waals surface area contributed by atoms with Crippen molar-refractivity contribution in [2.24, 2.45) is 0 Å². The molecule has 0 amide bonds. The first kappa shape index (κ1) is 12.0. The fraction of sp³-hybridized carbons (Fsp3) is 0.455. The lowest BCUT2D eigenvalue weighted by molar-refractivity contribution is 0.311. The summed E-state index contributed by atoms with van der Waals surface area (Å²) in [6, 6.07) is 8.09. The molecule has 0 saturated carbocycles. The smallest absolute Gasteiger partial charge is 0.0604 e. The third kappa shape index (κ3) is 5.26. The molecule has 0 heterocycles. The van der Waals surface area contributed by atoms with Crippen molar-refractivity contribution in [3.63, 3.8) is 0 Å². The molecule has 1 aromatic rings. The van der Waals surface area contributed by atoms with E-state index in [1.807, 2.05) is 38.1 Å². The minimum atomic E-state index is 0.174. The van der Waals surface area contributed by atoms with Crippen molar-refractivity contribution < 1.29 is 5.11 Å². The molecule has 0 aromatic heterocycles. The molecular weight excluding hydrogens is 162 g/mol. The van der Waals surface area contributed by atoms with Crippen LogP contribution in [0.1, 0.15) is 19.4 Å². The number of aliphatic hydroxyl groups is 1. The molecule has 2 nitrogen and oxygen atoms in total. The topological polar surface area (TPSA) is 32.3 Å². The van der Waals surface area contributed by atoms with Gasteiger partial charge in [-0.1, -0.05) is 31.5 Å². The second kappa shape index (κ2) is 7.62. The van der Waals surface area contributed by atoms with Gasteiger partial charge in [-0.3, -0.25) is 0 Å². The van der Waals surface area contributed by atoms with Crippen molar-refractivity contribution in [1.82, 2.24) is 0 Å². The summed E-state index contributed by atoms with van der Waals surface area (Å²) >= 11 is 0. The van der Waals surface area contributed by atoms with Crippen LogP contribution in [0.5, 0.6) is 0 Å². The highest BCUT2D eigenvalue weighted by molar-refractivity contribution is 5.44. The van der Waals surface area contributed by atoms with E-state index in [1.54, 1.807) is 0 Å². The maximum absolute atomic E-state index is 8.52. The molecule has 0 unspecified atom stereocenters. The summed E-state index contributed by atoms with van der Waals surface area (Å²) in [5, 5.41) is 11.6. The molecule has 1 aromatic carbocycles. The van der Waals surface area contributed by atoms with Crippen LogP contribution in [0.2, 0.25) is 0 Å². The zero-order chi connectivity index (χ0) is 10.1. The van der Waals surface area contributed by atoms with E-state index >= 15 is 0 Å². The van der Waals surface area contributed by atoms with Crippen LogP contribution in [0, 0.1) is 6.92 Å². The Morgan fingerprint density at radius 3 is 2.15 bits per heavy atom. The number of aliphatic hydroxyl groups excluding tert-OH is 1. The Morgan fingerprint density at radius 2 is 1.69 bits per heavy atom. The fourth-order valence-corrected chi connectivity index (χ4v) is 0.872. The lowest BCUT2D eigenvalue weighted by Gasteiger charge is -2.03. The molecule has 0 saturated heterocycles. The highest BCUT2D eigenvalue weighted by atomic mass is 16.3. The predicted octanol–water partition coefficient (Wildman–Crippen LogP) is 2.43. The van der Waals surface area contributed by atoms with Gasteiger partial charge in [-0.2, -0.15) is 0 Å². The minimum absolute atomic E-state index is 0.174. The lowest BCUT2D eigenvalue weighted by atomic mass is 10.2. The Bertz CT molecular complexity index is 206. The maximum atomic E-state index is 8.52. The van der Waals surface area contributed by atoms with E-state index in [2.05, 4.69) is 12.2 Å². The highest BCUT2D eigenvalue weighted by Crippen LogP contribution is 2.07. The third-order valence-electron chi connectivity index (χ3n) is 1.49. The first-order valence-electron chi connectivity index (χ1n) is 4.74. The molecule has 2 heteroatoms. The van der Waals surface area contributed by atoms with Crippen LogP contribution in [-0.2, 0) is 0 Å². The van der Waals surface area contributed by atoms with Crippen molar-refractivity contribution >= 4 is 5.69 Å². The first-order chi connectivity index (χ1) is 6.33. The zero-order valence-corrected chi connectivity index (χ0v) is 8.67. The van der Waals surface area contributed by atoms with E-state index in [-0.39, 0.29) is 6.61 Å². The van der Waals surface area contributed by atoms with Gasteiger partial charge in [0.05, 0.1) is 6.61 Å². The lowest BCUT2D eigenvalue weighted by Crippen LogP contribution is -2.04. The van der Waals surface area contributed by atoms with E-state index in [4.69, 9.17) is 5.11 Å². The molecule has 0 radical (unpaired) electrons. The number of rotatable bonds is 3. The summed E-state index contributed by atoms with van der Waals surface area (Å²) in [5.74, 6) is 0. The van der Waals surface area contributed by atoms with Gasteiger partial charge in [0.15, 0.2) is 0 Å². The number of hydrogen-bond donors (Lipinski definition) is 2. The summed E-state index contributed by atoms with van der Waals surface area (Å²) in [6.07, 6.45) is 0. The van der Waals surface area contributed by atoms with E-state index < -0.39 is 0 Å². The summed E-state index contributed by atoms with van der Waals surface area (Å²) in [7, 11) is 0. The van der Waals surface area contributed by atoms with E-state index in [0.717, 1.165) is 5.69 Å². The molecule has 0 aliphatic rings. The molecule has 13 heavy (non-hydrogen) atoms. The van der Waals surface area contributed by atoms with Gasteiger partial charge in [-0.25, -0.2) is 0 Å². The van der Waals surface area contributed by atoms with Crippen LogP contribution in [0.25, 0.3) is 0 Å². The molecule has 2 N–H and O–H groups in total. The molecule has 0 aliphatic carbocycles. The number of hydrogen-bond acceptors (Lipinski definition) is 2. The van der Waals surface area contributed by atoms with Crippen molar-refractivity contribution in [3.05, 3.63) is 29.8 Å². The fourth-order valence-electron chi connectivity index (χ4n) is 0.872. The van der Waals surface area contributed by atoms with Crippen LogP contribution in [0.15, 0.2) is 24.3 Å². The Morgan fingerprint density at radius 1 is 1.15 bits per heavy atom. The van der Waals surface area contributed by atoms with Crippen LogP contribution < -0.4 is 5.32 Å². The van der Waals surface area contributed by atoms with Crippen molar-refractivity contribution in [2.45, 2.75) is 20.8 Å². The number of anilines is 1. The Balaban J connectivity index is 0.000000671. The summed E-state index contributed by atoms with van der Waals surface area (Å²) in [6.45, 7) is 6.84. The van der Waals surface area contributed by atoms with Gasteiger partial charge in [-0.15, -0.1) is 0 Å². The van der Waals surface area contributed by atoms with Crippen LogP contribution in [-0.4, -0.2) is 18.3 Å². The Kier molecular flexibility index (Phi) is 7.02. The number of nitrogens with one attached hydrogen (secondary N) is 1. The average molecular weight is 181 g/mol. The normalized spacial score (nSPS) is 8.62. The van der Waals surface area contributed by atoms with Gasteiger partial charge in [0.1, 0.15) is 0 Å². The second-order valence-electron chi connectivity index (χ2n) is 2.52. The van der Waals surface area contributed by atoms with Gasteiger partial charge in [0.25, 0.3) is 0 Å². The molecule has 1 rings (SSSR count). The number of benzene rings is 1. The van der Waals surface area contributed by atoms with Gasteiger partial charge in [0.2, 0.25) is 0 Å². The van der Waals surface area contributed by atoms with Crippen LogP contribution in [0.4, 0.5) is 5.69 Å². The summed E-state index contributed by atoms with van der Waals surface area (Å²) in [4.78, 5) is 0. The summed E-state index contributed by atoms with van der Waals surface area (Å²) < 4.78 is 0. The van der Waals surface area contributed by atoms with Gasteiger partial charge in [0, 0.05) is 12.2 Å². The Labute approximate surface area is 80.6 Å². The maximum Gasteiger partial charge on any atom is 0.0604 e. The molecular formula is C11H19NO. The SMILES string of the molecule is CC.Cc1ccc(NCCO)cc1. The summed E-state index contributed by atoms with van der Waals surface area (Å²) in [5.41, 5.74) is 2.31. The average Bonchev–Trinajstić information content (AvgIpc) is 2.20. The van der Waals surface area contributed by atoms with Crippen LogP contribution in [0.3, 0.4) is 0 Å². The monoisotopic (exact) mass is 181 g/mol. The van der Waals surface area contributed by atoms with E-state index in [1.165, 1.54) is 5.56 Å². The minimum Gasteiger partial charge on any atom is -0.395 e.